The second-order valence-corrected chi connectivity index (χ2v) is 6.98. The average Bonchev–Trinajstić information content (AvgIpc) is 3.19. The van der Waals surface area contributed by atoms with Gasteiger partial charge in [0.05, 0.1) is 18.6 Å². The number of amidine groups is 1. The van der Waals surface area contributed by atoms with Gasteiger partial charge in [-0.15, -0.1) is 16.4 Å². The highest BCUT2D eigenvalue weighted by Gasteiger charge is 2.30. The Morgan fingerprint density at radius 1 is 1.30 bits per heavy atom. The lowest BCUT2D eigenvalue weighted by Crippen LogP contribution is -2.25. The molecule has 118 valence electrons. The Morgan fingerprint density at radius 2 is 2.13 bits per heavy atom. The number of carbonyl (C=O) groups is 1. The molecule has 0 saturated carbocycles. The zero-order valence-electron chi connectivity index (χ0n) is 12.4. The number of benzene rings is 1. The third kappa shape index (κ3) is 4.20. The van der Waals surface area contributed by atoms with Crippen molar-refractivity contribution >= 4 is 40.4 Å². The highest BCUT2D eigenvalue weighted by atomic mass is 32.2. The summed E-state index contributed by atoms with van der Waals surface area (Å²) in [7, 11) is 1.63. The first-order chi connectivity index (χ1) is 11.2. The van der Waals surface area contributed by atoms with Gasteiger partial charge in [0.15, 0.2) is 5.17 Å². The van der Waals surface area contributed by atoms with Crippen molar-refractivity contribution < 1.29 is 9.53 Å². The normalized spacial score (nSPS) is 19.4. The van der Waals surface area contributed by atoms with Crippen LogP contribution in [0.15, 0.2) is 52.0 Å². The lowest BCUT2D eigenvalue weighted by molar-refractivity contribution is -0.118. The predicted octanol–water partition coefficient (Wildman–Crippen LogP) is 2.92. The predicted molar refractivity (Wildman–Crippen MR) is 95.6 cm³/mol. The lowest BCUT2D eigenvalue weighted by atomic mass is 10.1. The molecule has 3 rings (SSSR count). The first-order valence-corrected chi connectivity index (χ1v) is 8.75. The molecule has 1 amide bonds. The van der Waals surface area contributed by atoms with E-state index >= 15 is 0 Å². The summed E-state index contributed by atoms with van der Waals surface area (Å²) in [5, 5.41) is 13.2. The van der Waals surface area contributed by atoms with Gasteiger partial charge in [0.2, 0.25) is 5.91 Å². The fourth-order valence-corrected chi connectivity index (χ4v) is 3.61. The van der Waals surface area contributed by atoms with Gasteiger partial charge in [-0.05, 0) is 35.6 Å². The zero-order chi connectivity index (χ0) is 16.1. The molecule has 1 aliphatic heterocycles. The summed E-state index contributed by atoms with van der Waals surface area (Å²) < 4.78 is 5.13. The molecule has 0 radical (unpaired) electrons. The van der Waals surface area contributed by atoms with Crippen LogP contribution in [0.25, 0.3) is 0 Å². The summed E-state index contributed by atoms with van der Waals surface area (Å²) >= 11 is 3.00. The smallest absolute Gasteiger partial charge is 0.239 e. The van der Waals surface area contributed by atoms with Gasteiger partial charge < -0.3 is 10.1 Å². The van der Waals surface area contributed by atoms with E-state index in [1.54, 1.807) is 24.7 Å². The van der Waals surface area contributed by atoms with Crippen LogP contribution in [0, 0.1) is 0 Å². The summed E-state index contributed by atoms with van der Waals surface area (Å²) in [6.07, 6.45) is 2.33. The summed E-state index contributed by atoms with van der Waals surface area (Å²) in [5.41, 5.74) is 1.08. The zero-order valence-corrected chi connectivity index (χ0v) is 14.1. The number of thiophene rings is 1. The summed E-state index contributed by atoms with van der Waals surface area (Å²) in [6.45, 7) is 0. The number of amides is 1. The van der Waals surface area contributed by atoms with E-state index < -0.39 is 0 Å². The number of rotatable bonds is 5. The van der Waals surface area contributed by atoms with E-state index in [1.807, 2.05) is 41.8 Å². The number of nitrogens with zero attached hydrogens (tertiary/aromatic N) is 2. The molecule has 0 aliphatic carbocycles. The van der Waals surface area contributed by atoms with Crippen molar-refractivity contribution in [2.24, 2.45) is 10.2 Å². The van der Waals surface area contributed by atoms with Crippen molar-refractivity contribution in [2.75, 3.05) is 7.11 Å². The van der Waals surface area contributed by atoms with E-state index in [2.05, 4.69) is 15.5 Å². The molecular weight excluding hydrogens is 330 g/mol. The highest BCUT2D eigenvalue weighted by Crippen LogP contribution is 2.24. The molecule has 2 heterocycles. The van der Waals surface area contributed by atoms with Crippen molar-refractivity contribution in [3.8, 4) is 5.75 Å². The van der Waals surface area contributed by atoms with Crippen molar-refractivity contribution in [3.05, 3.63) is 52.2 Å². The third-order valence-corrected chi connectivity index (χ3v) is 5.11. The Bertz CT molecular complexity index is 724. The molecule has 1 N–H and O–H groups in total. The van der Waals surface area contributed by atoms with Crippen molar-refractivity contribution in [2.45, 2.75) is 11.7 Å². The van der Waals surface area contributed by atoms with Gasteiger partial charge in [0, 0.05) is 4.88 Å². The van der Waals surface area contributed by atoms with Crippen molar-refractivity contribution in [3.63, 3.8) is 0 Å². The Labute approximate surface area is 142 Å². The van der Waals surface area contributed by atoms with E-state index in [4.69, 9.17) is 4.74 Å². The van der Waals surface area contributed by atoms with Crippen molar-refractivity contribution in [1.29, 1.82) is 0 Å². The maximum atomic E-state index is 12.0. The number of ether oxygens (including phenoxy) is 1. The molecule has 7 heteroatoms. The van der Waals surface area contributed by atoms with Crippen LogP contribution >= 0.6 is 23.1 Å². The van der Waals surface area contributed by atoms with Crippen LogP contribution in [-0.4, -0.2) is 29.6 Å². The number of nitrogens with one attached hydrogen (secondary N) is 1. The molecule has 5 nitrogen and oxygen atoms in total. The van der Waals surface area contributed by atoms with E-state index in [0.29, 0.717) is 11.6 Å². The number of hydrogen-bond acceptors (Lipinski definition) is 6. The molecule has 1 unspecified atom stereocenters. The Morgan fingerprint density at radius 3 is 2.83 bits per heavy atom. The lowest BCUT2D eigenvalue weighted by Gasteiger charge is -2.06. The van der Waals surface area contributed by atoms with Gasteiger partial charge >= 0.3 is 0 Å². The van der Waals surface area contributed by atoms with Gasteiger partial charge in [0.1, 0.15) is 5.75 Å². The minimum Gasteiger partial charge on any atom is -0.497 e. The topological polar surface area (TPSA) is 63.1 Å². The Kier molecular flexibility index (Phi) is 5.09. The number of carbonyl (C=O) groups excluding carboxylic acids is 1. The van der Waals surface area contributed by atoms with E-state index in [-0.39, 0.29) is 11.2 Å². The second-order valence-electron chi connectivity index (χ2n) is 4.81. The number of thioether (sulfide) groups is 1. The summed E-state index contributed by atoms with van der Waals surface area (Å²) in [4.78, 5) is 13.0. The maximum absolute atomic E-state index is 12.0. The number of hydrogen-bond donors (Lipinski definition) is 1. The fourth-order valence-electron chi connectivity index (χ4n) is 2.07. The third-order valence-electron chi connectivity index (χ3n) is 3.23. The molecule has 1 saturated heterocycles. The molecular formula is C16H15N3O2S2. The molecule has 1 aromatic carbocycles. The van der Waals surface area contributed by atoms with Gasteiger partial charge in [0.25, 0.3) is 0 Å². The maximum Gasteiger partial charge on any atom is 0.239 e. The van der Waals surface area contributed by atoms with Crippen LogP contribution < -0.4 is 10.1 Å². The average molecular weight is 345 g/mol. The van der Waals surface area contributed by atoms with Gasteiger partial charge in [-0.1, -0.05) is 30.0 Å². The standard InChI is InChI=1S/C16H15N3O2S2/c1-21-12-6-4-11(5-7-12)9-14-15(20)18-16(23-14)19-17-10-13-3-2-8-22-13/h2-8,10,14H,9H2,1H3,(H,18,19,20)/b17-10-. The quantitative estimate of drug-likeness (QED) is 0.669. The van der Waals surface area contributed by atoms with Crippen LogP contribution in [0.5, 0.6) is 5.75 Å². The Balaban J connectivity index is 1.60. The minimum absolute atomic E-state index is 0.0316. The molecule has 23 heavy (non-hydrogen) atoms. The van der Waals surface area contributed by atoms with Gasteiger partial charge in [-0.2, -0.15) is 5.10 Å². The van der Waals surface area contributed by atoms with Gasteiger partial charge in [-0.25, -0.2) is 0 Å². The molecule has 2 aromatic rings. The molecule has 1 aromatic heterocycles. The SMILES string of the molecule is COc1ccc(CC2S/C(=N\N=C/c3cccs3)NC2=O)cc1. The number of methoxy groups -OCH3 is 1. The monoisotopic (exact) mass is 345 g/mol. The molecule has 1 atom stereocenters. The highest BCUT2D eigenvalue weighted by molar-refractivity contribution is 8.15. The van der Waals surface area contributed by atoms with E-state index in [1.165, 1.54) is 11.8 Å². The van der Waals surface area contributed by atoms with Crippen LogP contribution in [0.4, 0.5) is 0 Å². The molecule has 0 bridgehead atoms. The van der Waals surface area contributed by atoms with E-state index in [9.17, 15) is 4.79 Å². The molecule has 0 spiro atoms. The van der Waals surface area contributed by atoms with Crippen LogP contribution in [0.2, 0.25) is 0 Å². The second kappa shape index (κ2) is 7.43. The molecule has 1 aliphatic rings. The summed E-state index contributed by atoms with van der Waals surface area (Å²) in [5.74, 6) is 0.776. The van der Waals surface area contributed by atoms with Gasteiger partial charge in [-0.3, -0.25) is 4.79 Å². The van der Waals surface area contributed by atoms with Crippen molar-refractivity contribution in [1.82, 2.24) is 5.32 Å². The first-order valence-electron chi connectivity index (χ1n) is 6.99. The fraction of sp³-hybridized carbons (Fsp3) is 0.188. The van der Waals surface area contributed by atoms with Crippen LogP contribution in [-0.2, 0) is 11.2 Å². The minimum atomic E-state index is -0.181. The van der Waals surface area contributed by atoms with Crippen LogP contribution in [0.3, 0.4) is 0 Å². The van der Waals surface area contributed by atoms with E-state index in [0.717, 1.165) is 16.2 Å². The van der Waals surface area contributed by atoms with Crippen LogP contribution in [0.1, 0.15) is 10.4 Å². The summed E-state index contributed by atoms with van der Waals surface area (Å²) in [6, 6.07) is 11.6. The first kappa shape index (κ1) is 15.8. The Hall–Kier alpha value is -2.12. The largest absolute Gasteiger partial charge is 0.497 e. The molecule has 1 fully saturated rings.